The molecule has 0 saturated carbocycles. The normalized spacial score (nSPS) is 15.3. The van der Waals surface area contributed by atoms with Gasteiger partial charge in [-0.2, -0.15) is 10.5 Å². The monoisotopic (exact) mass is 162 g/mol. The molecular weight excluding hydrogens is 156 g/mol. The fourth-order valence-corrected chi connectivity index (χ4v) is 1.67. The van der Waals surface area contributed by atoms with Gasteiger partial charge in [0, 0.05) is 10.7 Å². The smallest absolute Gasteiger partial charge is 0.139 e. The van der Waals surface area contributed by atoms with Gasteiger partial charge in [-0.15, -0.1) is 11.8 Å². The van der Waals surface area contributed by atoms with E-state index in [1.165, 1.54) is 0 Å². The molecule has 1 aliphatic heterocycles. The van der Waals surface area contributed by atoms with Crippen LogP contribution >= 0.6 is 11.8 Å². The number of rotatable bonds is 0. The quantitative estimate of drug-likeness (QED) is 0.404. The van der Waals surface area contributed by atoms with Gasteiger partial charge in [-0.3, -0.25) is 0 Å². The number of hydrogen-bond acceptors (Lipinski definition) is 3. The van der Waals surface area contributed by atoms with Gasteiger partial charge in [-0.05, 0) is 6.42 Å². The maximum absolute atomic E-state index is 8.51. The molecule has 1 heterocycles. The Morgan fingerprint density at radius 2 is 2.09 bits per heavy atom. The third-order valence-electron chi connectivity index (χ3n) is 1.33. The minimum Gasteiger partial charge on any atom is -0.192 e. The summed E-state index contributed by atoms with van der Waals surface area (Å²) in [5, 5.41) is 17.0. The number of hydrogen-bond donors (Lipinski definition) is 0. The van der Waals surface area contributed by atoms with Gasteiger partial charge < -0.3 is 0 Å². The largest absolute Gasteiger partial charge is 0.192 e. The average Bonchev–Trinajstić information content (AvgIpc) is 2.09. The summed E-state index contributed by atoms with van der Waals surface area (Å²) >= 11 is 1.57. The van der Waals surface area contributed by atoms with Crippen molar-refractivity contribution in [1.29, 1.82) is 10.5 Å². The molecule has 0 aromatic carbocycles. The Hall–Kier alpha value is -1.19. The molecule has 0 aromatic heterocycles. The second-order valence-corrected chi connectivity index (χ2v) is 3.12. The zero-order chi connectivity index (χ0) is 8.10. The molecule has 0 aliphatic carbocycles. The molecule has 0 amide bonds. The first kappa shape index (κ1) is 7.91. The fraction of sp³-hybridized carbons (Fsp3) is 0.250. The van der Waals surface area contributed by atoms with E-state index in [1.807, 2.05) is 24.3 Å². The van der Waals surface area contributed by atoms with Gasteiger partial charge in [-0.25, -0.2) is 0 Å². The van der Waals surface area contributed by atoms with Crippen molar-refractivity contribution in [2.75, 3.05) is 5.75 Å². The van der Waals surface area contributed by atoms with Gasteiger partial charge in [0.05, 0.1) is 0 Å². The molecule has 0 radical (unpaired) electrons. The molecule has 0 bridgehead atoms. The van der Waals surface area contributed by atoms with Gasteiger partial charge in [0.1, 0.15) is 17.7 Å². The summed E-state index contributed by atoms with van der Waals surface area (Å²) < 4.78 is 0. The highest BCUT2D eigenvalue weighted by atomic mass is 32.2. The van der Waals surface area contributed by atoms with Crippen LogP contribution in [0.1, 0.15) is 6.42 Å². The molecule has 0 N–H and O–H groups in total. The molecule has 0 spiro atoms. The van der Waals surface area contributed by atoms with Crippen LogP contribution in [-0.4, -0.2) is 5.75 Å². The summed E-state index contributed by atoms with van der Waals surface area (Å²) in [4.78, 5) is 0.900. The van der Waals surface area contributed by atoms with Gasteiger partial charge in [0.2, 0.25) is 0 Å². The molecule has 0 atom stereocenters. The van der Waals surface area contributed by atoms with Crippen LogP contribution in [0, 0.1) is 22.7 Å². The maximum Gasteiger partial charge on any atom is 0.139 e. The minimum atomic E-state index is 0.263. The standard InChI is InChI=1S/C8H6N2S/c9-5-7(6-10)8-3-1-2-4-11-8/h1-2H,3-4H2. The van der Waals surface area contributed by atoms with E-state index in [9.17, 15) is 0 Å². The van der Waals surface area contributed by atoms with E-state index in [4.69, 9.17) is 10.5 Å². The highest BCUT2D eigenvalue weighted by Crippen LogP contribution is 2.26. The van der Waals surface area contributed by atoms with E-state index in [0.717, 1.165) is 17.1 Å². The molecule has 2 nitrogen and oxygen atoms in total. The molecule has 0 saturated heterocycles. The van der Waals surface area contributed by atoms with Crippen LogP contribution in [0.4, 0.5) is 0 Å². The second kappa shape index (κ2) is 3.85. The van der Waals surface area contributed by atoms with E-state index in [2.05, 4.69) is 0 Å². The van der Waals surface area contributed by atoms with Crippen LogP contribution in [0.25, 0.3) is 0 Å². The molecular formula is C8H6N2S. The fourth-order valence-electron chi connectivity index (χ4n) is 0.790. The third kappa shape index (κ3) is 1.86. The van der Waals surface area contributed by atoms with Crippen molar-refractivity contribution < 1.29 is 0 Å². The molecule has 11 heavy (non-hydrogen) atoms. The topological polar surface area (TPSA) is 47.6 Å². The van der Waals surface area contributed by atoms with Gasteiger partial charge >= 0.3 is 0 Å². The first-order valence-electron chi connectivity index (χ1n) is 3.19. The van der Waals surface area contributed by atoms with Gasteiger partial charge in [-0.1, -0.05) is 12.2 Å². The van der Waals surface area contributed by atoms with Crippen molar-refractivity contribution in [2.24, 2.45) is 0 Å². The van der Waals surface area contributed by atoms with E-state index >= 15 is 0 Å². The molecule has 0 fully saturated rings. The summed E-state index contributed by atoms with van der Waals surface area (Å²) in [5.74, 6) is 0.877. The van der Waals surface area contributed by atoms with Crippen LogP contribution in [0.2, 0.25) is 0 Å². The van der Waals surface area contributed by atoms with Crippen molar-refractivity contribution in [3.05, 3.63) is 22.6 Å². The predicted molar refractivity (Wildman–Crippen MR) is 44.5 cm³/mol. The summed E-state index contributed by atoms with van der Waals surface area (Å²) in [6.45, 7) is 0. The average molecular weight is 162 g/mol. The van der Waals surface area contributed by atoms with Gasteiger partial charge in [0.25, 0.3) is 0 Å². The van der Waals surface area contributed by atoms with Crippen LogP contribution in [0.15, 0.2) is 22.6 Å². The Labute approximate surface area is 69.8 Å². The zero-order valence-electron chi connectivity index (χ0n) is 5.87. The van der Waals surface area contributed by atoms with E-state index in [1.54, 1.807) is 11.8 Å². The van der Waals surface area contributed by atoms with Crippen LogP contribution in [0.5, 0.6) is 0 Å². The summed E-state index contributed by atoms with van der Waals surface area (Å²) in [7, 11) is 0. The number of nitrogens with zero attached hydrogens (tertiary/aromatic N) is 2. The highest BCUT2D eigenvalue weighted by molar-refractivity contribution is 8.03. The summed E-state index contributed by atoms with van der Waals surface area (Å²) in [5.41, 5.74) is 0.263. The number of nitriles is 2. The molecule has 1 rings (SSSR count). The first-order chi connectivity index (χ1) is 5.38. The maximum atomic E-state index is 8.51. The Bertz CT molecular complexity index is 272. The van der Waals surface area contributed by atoms with Crippen LogP contribution < -0.4 is 0 Å². The number of thioether (sulfide) groups is 1. The van der Waals surface area contributed by atoms with Crippen molar-refractivity contribution in [1.82, 2.24) is 0 Å². The van der Waals surface area contributed by atoms with Crippen molar-refractivity contribution in [3.8, 4) is 12.1 Å². The third-order valence-corrected chi connectivity index (χ3v) is 2.40. The second-order valence-electron chi connectivity index (χ2n) is 2.01. The SMILES string of the molecule is N#CC(C#N)=C1CC=CCS1. The lowest BCUT2D eigenvalue weighted by Gasteiger charge is -2.06. The molecule has 0 aromatic rings. The Morgan fingerprint density at radius 1 is 1.36 bits per heavy atom. The Balaban J connectivity index is 2.89. The first-order valence-corrected chi connectivity index (χ1v) is 4.18. The lowest BCUT2D eigenvalue weighted by Crippen LogP contribution is -1.88. The molecule has 54 valence electrons. The van der Waals surface area contributed by atoms with Crippen molar-refractivity contribution in [3.63, 3.8) is 0 Å². The van der Waals surface area contributed by atoms with Crippen molar-refractivity contribution in [2.45, 2.75) is 6.42 Å². The lowest BCUT2D eigenvalue weighted by molar-refractivity contribution is 1.30. The predicted octanol–water partition coefficient (Wildman–Crippen LogP) is 1.98. The summed E-state index contributed by atoms with van der Waals surface area (Å²) in [6, 6.07) is 3.77. The van der Waals surface area contributed by atoms with Crippen LogP contribution in [-0.2, 0) is 0 Å². The Kier molecular flexibility index (Phi) is 2.77. The van der Waals surface area contributed by atoms with E-state index in [0.29, 0.717) is 0 Å². The van der Waals surface area contributed by atoms with E-state index in [-0.39, 0.29) is 5.57 Å². The van der Waals surface area contributed by atoms with Crippen molar-refractivity contribution >= 4 is 11.8 Å². The Morgan fingerprint density at radius 3 is 2.55 bits per heavy atom. The molecule has 3 heteroatoms. The zero-order valence-corrected chi connectivity index (χ0v) is 6.69. The number of allylic oxidation sites excluding steroid dienone is 3. The molecule has 1 aliphatic rings. The van der Waals surface area contributed by atoms with Crippen LogP contribution in [0.3, 0.4) is 0 Å². The minimum absolute atomic E-state index is 0.263. The van der Waals surface area contributed by atoms with E-state index < -0.39 is 0 Å². The highest BCUT2D eigenvalue weighted by Gasteiger charge is 2.06. The lowest BCUT2D eigenvalue weighted by atomic mass is 10.2. The summed E-state index contributed by atoms with van der Waals surface area (Å²) in [6.07, 6.45) is 4.77. The molecule has 0 unspecified atom stereocenters. The van der Waals surface area contributed by atoms with Gasteiger partial charge in [0.15, 0.2) is 0 Å².